The van der Waals surface area contributed by atoms with Crippen LogP contribution in [0.1, 0.15) is 50.3 Å². The van der Waals surface area contributed by atoms with E-state index in [2.05, 4.69) is 34.2 Å². The number of ether oxygens (including phenoxy) is 1. The van der Waals surface area contributed by atoms with Crippen LogP contribution in [0.25, 0.3) is 17.1 Å². The fourth-order valence-corrected chi connectivity index (χ4v) is 5.60. The van der Waals surface area contributed by atoms with Gasteiger partial charge in [0, 0.05) is 26.0 Å². The number of anilines is 1. The van der Waals surface area contributed by atoms with Gasteiger partial charge in [-0.3, -0.25) is 9.69 Å². The molecule has 3 amide bonds. The Balaban J connectivity index is 1.17. The molecule has 2 heterocycles. The molecule has 0 unspecified atom stereocenters. The van der Waals surface area contributed by atoms with Gasteiger partial charge < -0.3 is 10.1 Å². The number of benzene rings is 3. The van der Waals surface area contributed by atoms with E-state index >= 15 is 0 Å². The fraction of sp³-hybridized carbons (Fsp3) is 0.303. The third-order valence-electron chi connectivity index (χ3n) is 6.87. The summed E-state index contributed by atoms with van der Waals surface area (Å²) in [6.45, 7) is 9.23. The third kappa shape index (κ3) is 7.52. The second-order valence-corrected chi connectivity index (χ2v) is 12.2. The lowest BCUT2D eigenvalue weighted by Crippen LogP contribution is -2.32. The molecule has 0 saturated carbocycles. The van der Waals surface area contributed by atoms with E-state index < -0.39 is 11.9 Å². The van der Waals surface area contributed by atoms with E-state index in [0.29, 0.717) is 29.7 Å². The lowest BCUT2D eigenvalue weighted by atomic mass is 9.99. The molecule has 1 N–H and O–H groups in total. The summed E-state index contributed by atoms with van der Waals surface area (Å²) in [6, 6.07) is 20.3. The minimum Gasteiger partial charge on any atom is -0.459 e. The maximum Gasteiger partial charge on any atom is 0.343 e. The highest BCUT2D eigenvalue weighted by atomic mass is 32.2. The van der Waals surface area contributed by atoms with Gasteiger partial charge in [-0.1, -0.05) is 62.0 Å². The van der Waals surface area contributed by atoms with E-state index in [4.69, 9.17) is 4.74 Å². The molecule has 228 valence electrons. The predicted octanol–water partition coefficient (Wildman–Crippen LogP) is 6.84. The molecule has 11 heteroatoms. The topological polar surface area (TPSA) is 102 Å². The van der Waals surface area contributed by atoms with E-state index in [1.807, 2.05) is 49.4 Å². The third-order valence-corrected chi connectivity index (χ3v) is 7.79. The molecule has 0 aliphatic carbocycles. The first-order chi connectivity index (χ1) is 21.0. The van der Waals surface area contributed by atoms with Gasteiger partial charge in [0.2, 0.25) is 11.8 Å². The van der Waals surface area contributed by atoms with Gasteiger partial charge in [-0.15, -0.1) is 5.10 Å². The molecular formula is C33H35FN6O3S. The van der Waals surface area contributed by atoms with Crippen LogP contribution >= 0.6 is 11.8 Å². The van der Waals surface area contributed by atoms with Crippen LogP contribution in [-0.2, 0) is 11.2 Å². The largest absolute Gasteiger partial charge is 0.459 e. The van der Waals surface area contributed by atoms with Gasteiger partial charge in [0.1, 0.15) is 12.1 Å². The van der Waals surface area contributed by atoms with Gasteiger partial charge in [-0.05, 0) is 66.3 Å². The zero-order valence-electron chi connectivity index (χ0n) is 25.4. The molecule has 0 bridgehead atoms. The van der Waals surface area contributed by atoms with Crippen LogP contribution in [0.3, 0.4) is 0 Å². The molecule has 1 saturated heterocycles. The number of amidine groups is 1. The van der Waals surface area contributed by atoms with Gasteiger partial charge in [-0.2, -0.15) is 9.38 Å². The highest BCUT2D eigenvalue weighted by Crippen LogP contribution is 2.34. The number of carbonyl (C=O) groups is 2. The molecule has 3 aromatic carbocycles. The second-order valence-electron chi connectivity index (χ2n) is 11.3. The van der Waals surface area contributed by atoms with Crippen LogP contribution in [-0.4, -0.2) is 50.0 Å². The Morgan fingerprint density at radius 1 is 1.11 bits per heavy atom. The number of urea groups is 1. The first-order valence-electron chi connectivity index (χ1n) is 14.4. The van der Waals surface area contributed by atoms with Crippen molar-refractivity contribution >= 4 is 34.6 Å². The van der Waals surface area contributed by atoms with Crippen molar-refractivity contribution in [2.75, 3.05) is 17.2 Å². The van der Waals surface area contributed by atoms with Crippen molar-refractivity contribution in [1.82, 2.24) is 20.1 Å². The monoisotopic (exact) mass is 614 g/mol. The molecule has 1 aromatic heterocycles. The molecule has 0 radical (unpaired) electrons. The Kier molecular flexibility index (Phi) is 9.14. The van der Waals surface area contributed by atoms with Crippen molar-refractivity contribution in [3.05, 3.63) is 89.7 Å². The van der Waals surface area contributed by atoms with Crippen molar-refractivity contribution in [3.8, 4) is 22.8 Å². The van der Waals surface area contributed by atoms with E-state index in [-0.39, 0.29) is 17.6 Å². The zero-order valence-corrected chi connectivity index (χ0v) is 26.2. The summed E-state index contributed by atoms with van der Waals surface area (Å²) in [4.78, 5) is 35.7. The van der Waals surface area contributed by atoms with Gasteiger partial charge in [0.05, 0.1) is 17.1 Å². The SMILES string of the molecule is Cc1ccc(C(C)C)c(N2C(=O)CSC2=NC(=O)NCCc2ccc(-c3ncn(-c4ccc(OC(C)(C)F)cc4)n3)cc2)c1. The number of alkyl halides is 1. The van der Waals surface area contributed by atoms with Crippen molar-refractivity contribution in [2.24, 2.45) is 4.99 Å². The van der Waals surface area contributed by atoms with Crippen LogP contribution in [0, 0.1) is 6.92 Å². The highest BCUT2D eigenvalue weighted by molar-refractivity contribution is 8.15. The summed E-state index contributed by atoms with van der Waals surface area (Å²) in [5.41, 5.74) is 5.50. The lowest BCUT2D eigenvalue weighted by Gasteiger charge is -2.22. The summed E-state index contributed by atoms with van der Waals surface area (Å²) in [6.07, 6.45) is 2.23. The first kappa shape index (κ1) is 30.9. The number of halogens is 1. The van der Waals surface area contributed by atoms with E-state index in [1.54, 1.807) is 40.2 Å². The molecular weight excluding hydrogens is 579 g/mol. The van der Waals surface area contributed by atoms with Gasteiger partial charge in [0.15, 0.2) is 11.0 Å². The lowest BCUT2D eigenvalue weighted by molar-refractivity contribution is -0.115. The molecule has 5 rings (SSSR count). The molecule has 4 aromatic rings. The van der Waals surface area contributed by atoms with E-state index in [0.717, 1.165) is 33.6 Å². The molecule has 44 heavy (non-hydrogen) atoms. The molecule has 0 spiro atoms. The molecule has 1 fully saturated rings. The number of nitrogens with zero attached hydrogens (tertiary/aromatic N) is 5. The van der Waals surface area contributed by atoms with Crippen LogP contribution in [0.4, 0.5) is 14.9 Å². The minimum absolute atomic E-state index is 0.0846. The summed E-state index contributed by atoms with van der Waals surface area (Å²) in [7, 11) is 0. The first-order valence-corrected chi connectivity index (χ1v) is 15.4. The number of aliphatic imine (C=N–C) groups is 1. The number of nitrogens with one attached hydrogen (secondary N) is 1. The maximum absolute atomic E-state index is 13.7. The molecule has 0 atom stereocenters. The number of aryl methyl sites for hydroxylation is 1. The van der Waals surface area contributed by atoms with Crippen molar-refractivity contribution in [1.29, 1.82) is 0 Å². The average molecular weight is 615 g/mol. The van der Waals surface area contributed by atoms with Crippen molar-refractivity contribution in [2.45, 2.75) is 52.8 Å². The maximum atomic E-state index is 13.7. The van der Waals surface area contributed by atoms with E-state index in [1.165, 1.54) is 25.6 Å². The number of hydrogen-bond acceptors (Lipinski definition) is 6. The number of carbonyl (C=O) groups excluding carboxylic acids is 2. The average Bonchev–Trinajstić information content (AvgIpc) is 3.60. The summed E-state index contributed by atoms with van der Waals surface area (Å²) in [5, 5.41) is 7.80. The van der Waals surface area contributed by atoms with Crippen LogP contribution in [0.5, 0.6) is 5.75 Å². The van der Waals surface area contributed by atoms with Crippen LogP contribution in [0.15, 0.2) is 78.0 Å². The quantitative estimate of drug-likeness (QED) is 0.222. The Morgan fingerprint density at radius 3 is 2.52 bits per heavy atom. The Labute approximate surface area is 260 Å². The highest BCUT2D eigenvalue weighted by Gasteiger charge is 2.32. The molecule has 1 aliphatic rings. The second kappa shape index (κ2) is 13.0. The zero-order chi connectivity index (χ0) is 31.4. The van der Waals surface area contributed by atoms with Crippen molar-refractivity contribution in [3.63, 3.8) is 0 Å². The fourth-order valence-electron chi connectivity index (χ4n) is 4.74. The summed E-state index contributed by atoms with van der Waals surface area (Å²) < 4.78 is 20.6. The molecule has 1 aliphatic heterocycles. The smallest absolute Gasteiger partial charge is 0.343 e. The number of aromatic nitrogens is 3. The number of thioether (sulfide) groups is 1. The molecule has 9 nitrogen and oxygen atoms in total. The summed E-state index contributed by atoms with van der Waals surface area (Å²) in [5.74, 6) is -0.389. The van der Waals surface area contributed by atoms with Gasteiger partial charge in [0.25, 0.3) is 0 Å². The standard InChI is InChI=1S/C33H35FN6O3S/c1-21(2)27-15-6-22(3)18-28(27)40-29(41)19-44-32(40)37-31(42)35-17-16-23-7-9-24(10-8-23)30-36-20-39(38-30)25-11-13-26(14-12-25)43-33(4,5)34/h6-15,18,20-21H,16-17,19H2,1-5H3,(H,35,42). The normalized spacial score (nSPS) is 14.5. The minimum atomic E-state index is -1.76. The Morgan fingerprint density at radius 2 is 1.84 bits per heavy atom. The number of rotatable bonds is 9. The summed E-state index contributed by atoms with van der Waals surface area (Å²) >= 11 is 1.27. The Bertz CT molecular complexity index is 1680. The van der Waals surface area contributed by atoms with Crippen molar-refractivity contribution < 1.29 is 18.7 Å². The number of amides is 3. The van der Waals surface area contributed by atoms with Gasteiger partial charge in [-0.25, -0.2) is 14.5 Å². The van der Waals surface area contributed by atoms with Gasteiger partial charge >= 0.3 is 6.03 Å². The number of hydrogen-bond donors (Lipinski definition) is 1. The van der Waals surface area contributed by atoms with Crippen LogP contribution < -0.4 is 15.0 Å². The van der Waals surface area contributed by atoms with Crippen LogP contribution in [0.2, 0.25) is 0 Å². The van der Waals surface area contributed by atoms with E-state index in [9.17, 15) is 14.0 Å². The Hall–Kier alpha value is -4.51. The predicted molar refractivity (Wildman–Crippen MR) is 172 cm³/mol.